The first-order valence-electron chi connectivity index (χ1n) is 8.67. The lowest BCUT2D eigenvalue weighted by Gasteiger charge is -2.22. The molecule has 0 saturated carbocycles. The van der Waals surface area contributed by atoms with E-state index in [1.54, 1.807) is 13.8 Å². The maximum Gasteiger partial charge on any atom is 0.326 e. The van der Waals surface area contributed by atoms with Crippen molar-refractivity contribution in [3.05, 3.63) is 0 Å². The number of aliphatic hydroxyl groups is 1. The molecule has 12 nitrogen and oxygen atoms in total. The first-order chi connectivity index (χ1) is 12.8. The number of hydrogen-bond acceptors (Lipinski definition) is 7. The minimum absolute atomic E-state index is 0.0336. The van der Waals surface area contributed by atoms with Crippen LogP contribution in [-0.4, -0.2) is 70.6 Å². The molecule has 0 heterocycles. The molecule has 28 heavy (non-hydrogen) atoms. The minimum Gasteiger partial charge on any atom is -0.480 e. The van der Waals surface area contributed by atoms with Crippen molar-refractivity contribution in [1.82, 2.24) is 16.0 Å². The monoisotopic (exact) mass is 403 g/mol. The van der Waals surface area contributed by atoms with Gasteiger partial charge < -0.3 is 37.6 Å². The Balaban J connectivity index is 4.94. The summed E-state index contributed by atoms with van der Waals surface area (Å²) in [4.78, 5) is 58.1. The average Bonchev–Trinajstić information content (AvgIpc) is 2.56. The Hall–Kier alpha value is -2.73. The number of rotatable bonds is 12. The highest BCUT2D eigenvalue weighted by Gasteiger charge is 2.28. The Bertz CT molecular complexity index is 594. The van der Waals surface area contributed by atoms with Crippen molar-refractivity contribution in [2.24, 2.45) is 17.4 Å². The largest absolute Gasteiger partial charge is 0.480 e. The molecule has 0 rings (SSSR count). The lowest BCUT2D eigenvalue weighted by molar-refractivity contribution is -0.143. The quantitative estimate of drug-likeness (QED) is 0.175. The van der Waals surface area contributed by atoms with Crippen LogP contribution in [0.3, 0.4) is 0 Å². The molecule has 0 spiro atoms. The smallest absolute Gasteiger partial charge is 0.326 e. The lowest BCUT2D eigenvalue weighted by atomic mass is 10.0. The van der Waals surface area contributed by atoms with Gasteiger partial charge in [-0.05, 0) is 19.3 Å². The molecule has 0 radical (unpaired) electrons. The van der Waals surface area contributed by atoms with Gasteiger partial charge in [0.05, 0.1) is 19.1 Å². The zero-order valence-corrected chi connectivity index (χ0v) is 16.1. The summed E-state index contributed by atoms with van der Waals surface area (Å²) in [6.45, 7) is 4.39. The van der Waals surface area contributed by atoms with E-state index in [0.717, 1.165) is 0 Å². The molecule has 160 valence electrons. The Kier molecular flexibility index (Phi) is 10.7. The Morgan fingerprint density at radius 2 is 1.54 bits per heavy atom. The third-order valence-electron chi connectivity index (χ3n) is 3.62. The Morgan fingerprint density at radius 3 is 1.96 bits per heavy atom. The van der Waals surface area contributed by atoms with Crippen molar-refractivity contribution in [2.75, 3.05) is 6.54 Å². The molecular weight excluding hydrogens is 374 g/mol. The van der Waals surface area contributed by atoms with Crippen LogP contribution in [0.4, 0.5) is 0 Å². The van der Waals surface area contributed by atoms with Gasteiger partial charge >= 0.3 is 5.97 Å². The predicted octanol–water partition coefficient (Wildman–Crippen LogP) is -3.21. The Morgan fingerprint density at radius 1 is 0.964 bits per heavy atom. The Labute approximate surface area is 162 Å². The van der Waals surface area contributed by atoms with E-state index in [0.29, 0.717) is 0 Å². The molecule has 0 aliphatic carbocycles. The SMILES string of the molecule is CC(C)CC(NC(=O)CNC(=O)C(N)C(C)O)C(=O)NC(CC(N)=O)C(=O)O. The molecule has 12 heteroatoms. The number of hydrogen-bond donors (Lipinski definition) is 7. The number of carbonyl (C=O) groups is 5. The van der Waals surface area contributed by atoms with E-state index in [1.807, 2.05) is 0 Å². The standard InChI is InChI=1S/C16H29N5O7/c1-7(2)4-9(14(25)21-10(16(27)28)5-11(17)23)20-12(24)6-19-15(26)13(18)8(3)22/h7-10,13,22H,4-6,18H2,1-3H3,(H2,17,23)(H,19,26)(H,20,24)(H,21,25)(H,27,28). The van der Waals surface area contributed by atoms with Crippen LogP contribution in [0.2, 0.25) is 0 Å². The highest BCUT2D eigenvalue weighted by Crippen LogP contribution is 2.06. The van der Waals surface area contributed by atoms with E-state index in [2.05, 4.69) is 16.0 Å². The second-order valence-corrected chi connectivity index (χ2v) is 6.80. The highest BCUT2D eigenvalue weighted by atomic mass is 16.4. The number of nitrogens with one attached hydrogen (secondary N) is 3. The number of aliphatic hydroxyl groups excluding tert-OH is 1. The highest BCUT2D eigenvalue weighted by molar-refractivity contribution is 5.93. The normalized spacial score (nSPS) is 15.1. The van der Waals surface area contributed by atoms with Gasteiger partial charge in [0.15, 0.2) is 0 Å². The molecule has 0 aromatic carbocycles. The van der Waals surface area contributed by atoms with Gasteiger partial charge in [0.2, 0.25) is 23.6 Å². The number of amides is 4. The van der Waals surface area contributed by atoms with Gasteiger partial charge in [-0.2, -0.15) is 0 Å². The summed E-state index contributed by atoms with van der Waals surface area (Å²) in [6.07, 6.45) is -1.53. The number of carboxylic acids is 1. The lowest BCUT2D eigenvalue weighted by Crippen LogP contribution is -2.55. The van der Waals surface area contributed by atoms with Crippen LogP contribution in [0.15, 0.2) is 0 Å². The molecule has 4 unspecified atom stereocenters. The maximum atomic E-state index is 12.4. The fraction of sp³-hybridized carbons (Fsp3) is 0.688. The van der Waals surface area contributed by atoms with E-state index in [4.69, 9.17) is 16.6 Å². The number of aliphatic carboxylic acids is 1. The van der Waals surface area contributed by atoms with Gasteiger partial charge in [-0.15, -0.1) is 0 Å². The van der Waals surface area contributed by atoms with Gasteiger partial charge in [-0.1, -0.05) is 13.8 Å². The molecular formula is C16H29N5O7. The fourth-order valence-electron chi connectivity index (χ4n) is 2.13. The van der Waals surface area contributed by atoms with Crippen LogP contribution in [0, 0.1) is 5.92 Å². The van der Waals surface area contributed by atoms with Crippen molar-refractivity contribution >= 4 is 29.6 Å². The van der Waals surface area contributed by atoms with Crippen molar-refractivity contribution in [2.45, 2.75) is 57.8 Å². The first kappa shape index (κ1) is 25.3. The molecule has 0 aliphatic heterocycles. The third-order valence-corrected chi connectivity index (χ3v) is 3.62. The fourth-order valence-corrected chi connectivity index (χ4v) is 2.13. The second-order valence-electron chi connectivity index (χ2n) is 6.80. The summed E-state index contributed by atoms with van der Waals surface area (Å²) in [5.41, 5.74) is 10.4. The minimum atomic E-state index is -1.53. The van der Waals surface area contributed by atoms with Crippen LogP contribution < -0.4 is 27.4 Å². The van der Waals surface area contributed by atoms with E-state index in [-0.39, 0.29) is 12.3 Å². The first-order valence-corrected chi connectivity index (χ1v) is 8.67. The molecule has 0 aliphatic rings. The van der Waals surface area contributed by atoms with Crippen LogP contribution in [0.25, 0.3) is 0 Å². The van der Waals surface area contributed by atoms with Crippen molar-refractivity contribution in [3.8, 4) is 0 Å². The summed E-state index contributed by atoms with van der Waals surface area (Å²) < 4.78 is 0. The molecule has 0 saturated heterocycles. The van der Waals surface area contributed by atoms with E-state index >= 15 is 0 Å². The zero-order chi connectivity index (χ0) is 22.0. The van der Waals surface area contributed by atoms with E-state index in [1.165, 1.54) is 6.92 Å². The number of nitrogens with two attached hydrogens (primary N) is 2. The van der Waals surface area contributed by atoms with Gasteiger partial charge in [0, 0.05) is 0 Å². The number of carbonyl (C=O) groups excluding carboxylic acids is 4. The third kappa shape index (κ3) is 9.83. The molecule has 0 fully saturated rings. The zero-order valence-electron chi connectivity index (χ0n) is 16.1. The number of carboxylic acid groups (broad SMARTS) is 1. The van der Waals surface area contributed by atoms with Crippen molar-refractivity contribution in [3.63, 3.8) is 0 Å². The summed E-state index contributed by atoms with van der Waals surface area (Å²) in [5, 5.41) is 25.1. The van der Waals surface area contributed by atoms with Crippen LogP contribution in [0.5, 0.6) is 0 Å². The molecule has 0 aromatic rings. The molecule has 9 N–H and O–H groups in total. The number of primary amides is 1. The maximum absolute atomic E-state index is 12.4. The van der Waals surface area contributed by atoms with Crippen LogP contribution in [-0.2, 0) is 24.0 Å². The van der Waals surface area contributed by atoms with Gasteiger partial charge in [-0.3, -0.25) is 19.2 Å². The molecule has 4 amide bonds. The van der Waals surface area contributed by atoms with Crippen molar-refractivity contribution in [1.29, 1.82) is 0 Å². The van der Waals surface area contributed by atoms with Crippen LogP contribution in [0.1, 0.15) is 33.6 Å². The molecule has 0 aromatic heterocycles. The molecule has 0 bridgehead atoms. The van der Waals surface area contributed by atoms with Crippen LogP contribution >= 0.6 is 0 Å². The summed E-state index contributed by atoms with van der Waals surface area (Å²) >= 11 is 0. The summed E-state index contributed by atoms with van der Waals surface area (Å²) in [5.74, 6) is -4.65. The molecule has 4 atom stereocenters. The van der Waals surface area contributed by atoms with Gasteiger partial charge in [0.1, 0.15) is 18.1 Å². The predicted molar refractivity (Wildman–Crippen MR) is 97.4 cm³/mol. The van der Waals surface area contributed by atoms with E-state index in [9.17, 15) is 29.1 Å². The van der Waals surface area contributed by atoms with Crippen molar-refractivity contribution < 1.29 is 34.2 Å². The van der Waals surface area contributed by atoms with Gasteiger partial charge in [-0.25, -0.2) is 4.79 Å². The summed E-state index contributed by atoms with van der Waals surface area (Å²) in [6, 6.07) is -3.84. The average molecular weight is 403 g/mol. The van der Waals surface area contributed by atoms with Gasteiger partial charge in [0.25, 0.3) is 0 Å². The van der Waals surface area contributed by atoms with E-state index < -0.39 is 66.8 Å². The topological polar surface area (TPSA) is 214 Å². The summed E-state index contributed by atoms with van der Waals surface area (Å²) in [7, 11) is 0. The second kappa shape index (κ2) is 11.9.